The quantitative estimate of drug-likeness (QED) is 0.688. The molecule has 3 heterocycles. The normalized spacial score (nSPS) is 12.1. The van der Waals surface area contributed by atoms with Crippen LogP contribution in [-0.4, -0.2) is 26.8 Å². The van der Waals surface area contributed by atoms with Crippen LogP contribution in [0.5, 0.6) is 5.75 Å². The van der Waals surface area contributed by atoms with Crippen LogP contribution in [0, 0.1) is 6.92 Å². The van der Waals surface area contributed by atoms with Gasteiger partial charge in [0.2, 0.25) is 0 Å². The summed E-state index contributed by atoms with van der Waals surface area (Å²) >= 11 is -1.51. The van der Waals surface area contributed by atoms with Crippen LogP contribution in [0.3, 0.4) is 0 Å². The van der Waals surface area contributed by atoms with Crippen molar-refractivity contribution >= 4 is 11.2 Å². The smallest absolute Gasteiger partial charge is 0.289 e. The Balaban J connectivity index is 1.98. The molecule has 7 heteroatoms. The summed E-state index contributed by atoms with van der Waals surface area (Å²) in [6.07, 6.45) is 5.03. The molecule has 0 aliphatic rings. The summed E-state index contributed by atoms with van der Waals surface area (Å²) in [6.45, 7) is 1.74. The number of ether oxygens (including phenoxy) is 1. The molecule has 0 spiro atoms. The summed E-state index contributed by atoms with van der Waals surface area (Å²) in [5.74, 6) is 1.17. The molecule has 0 saturated heterocycles. The monoisotopic (exact) mass is 315 g/mol. The second-order valence-corrected chi connectivity index (χ2v) is 5.88. The van der Waals surface area contributed by atoms with Crippen molar-refractivity contribution in [2.24, 2.45) is 0 Å². The van der Waals surface area contributed by atoms with Gasteiger partial charge in [0.05, 0.1) is 30.4 Å². The molecule has 0 fully saturated rings. The molecule has 0 aliphatic carbocycles. The Morgan fingerprint density at radius 2 is 2.09 bits per heavy atom. The maximum Gasteiger partial charge on any atom is 0.289 e. The molecule has 1 unspecified atom stereocenters. The summed E-state index contributed by atoms with van der Waals surface area (Å²) in [6, 6.07) is 7.00. The summed E-state index contributed by atoms with van der Waals surface area (Å²) in [4.78, 5) is 8.34. The van der Waals surface area contributed by atoms with Gasteiger partial charge in [0.25, 0.3) is 10.1 Å². The minimum Gasteiger partial charge on any atom is -0.604 e. The predicted octanol–water partition coefficient (Wildman–Crippen LogP) is 2.62. The molecule has 112 valence electrons. The first kappa shape index (κ1) is 14.6. The Kier molecular flexibility index (Phi) is 4.08. The van der Waals surface area contributed by atoms with Crippen molar-refractivity contribution in [1.82, 2.24) is 15.1 Å². The molecule has 0 aliphatic heterocycles. The molecule has 0 bridgehead atoms. The molecular weight excluding hydrogens is 302 g/mol. The Morgan fingerprint density at radius 3 is 2.73 bits per heavy atom. The standard InChI is InChI=1S/C15H13N3O3S/c1-10-6-15(18-21-10)22(19)14-7-13(20-2)12(9-17-14)11-4-3-5-16-8-11/h3-9H,1-2H3. The molecular formula is C15H13N3O3S. The van der Waals surface area contributed by atoms with Crippen molar-refractivity contribution in [3.05, 3.63) is 48.6 Å². The van der Waals surface area contributed by atoms with E-state index in [1.807, 2.05) is 12.1 Å². The van der Waals surface area contributed by atoms with Gasteiger partial charge in [-0.25, -0.2) is 4.98 Å². The van der Waals surface area contributed by atoms with Gasteiger partial charge < -0.3 is 13.8 Å². The van der Waals surface area contributed by atoms with Crippen molar-refractivity contribution < 1.29 is 13.8 Å². The fourth-order valence-corrected chi connectivity index (χ4v) is 2.92. The third-order valence-corrected chi connectivity index (χ3v) is 4.20. The highest BCUT2D eigenvalue weighted by Gasteiger charge is 2.23. The van der Waals surface area contributed by atoms with E-state index in [1.54, 1.807) is 44.8 Å². The number of hydrogen-bond donors (Lipinski definition) is 0. The van der Waals surface area contributed by atoms with E-state index >= 15 is 0 Å². The van der Waals surface area contributed by atoms with Crippen LogP contribution in [0.1, 0.15) is 5.76 Å². The average Bonchev–Trinajstić information content (AvgIpc) is 3.01. The van der Waals surface area contributed by atoms with E-state index in [0.717, 1.165) is 11.1 Å². The van der Waals surface area contributed by atoms with Gasteiger partial charge in [0, 0.05) is 29.7 Å². The molecule has 3 rings (SSSR count). The molecule has 0 radical (unpaired) electrons. The van der Waals surface area contributed by atoms with Gasteiger partial charge >= 0.3 is 0 Å². The number of hydrogen-bond acceptors (Lipinski definition) is 6. The predicted molar refractivity (Wildman–Crippen MR) is 79.9 cm³/mol. The highest BCUT2D eigenvalue weighted by Crippen LogP contribution is 2.31. The van der Waals surface area contributed by atoms with Gasteiger partial charge in [-0.2, -0.15) is 0 Å². The lowest BCUT2D eigenvalue weighted by Gasteiger charge is -2.10. The van der Waals surface area contributed by atoms with Gasteiger partial charge in [-0.05, 0) is 18.1 Å². The number of rotatable bonds is 4. The molecule has 0 N–H and O–H groups in total. The van der Waals surface area contributed by atoms with Crippen LogP contribution in [0.4, 0.5) is 0 Å². The van der Waals surface area contributed by atoms with E-state index in [0.29, 0.717) is 21.6 Å². The zero-order valence-corrected chi connectivity index (χ0v) is 12.8. The second kappa shape index (κ2) is 6.17. The lowest BCUT2D eigenvalue weighted by molar-refractivity contribution is 0.380. The molecule has 22 heavy (non-hydrogen) atoms. The van der Waals surface area contributed by atoms with Crippen LogP contribution in [-0.2, 0) is 11.2 Å². The molecule has 0 aromatic carbocycles. The van der Waals surface area contributed by atoms with Gasteiger partial charge in [-0.1, -0.05) is 6.07 Å². The van der Waals surface area contributed by atoms with Gasteiger partial charge in [0.15, 0.2) is 0 Å². The van der Waals surface area contributed by atoms with Crippen LogP contribution in [0.25, 0.3) is 11.1 Å². The van der Waals surface area contributed by atoms with E-state index in [4.69, 9.17) is 9.26 Å². The lowest BCUT2D eigenvalue weighted by atomic mass is 10.1. The number of pyridine rings is 2. The summed E-state index contributed by atoms with van der Waals surface area (Å²) in [5.41, 5.74) is 1.66. The second-order valence-electron chi connectivity index (χ2n) is 4.51. The minimum atomic E-state index is -1.51. The minimum absolute atomic E-state index is 0.334. The topological polar surface area (TPSA) is 84.1 Å². The number of nitrogens with zero attached hydrogens (tertiary/aromatic N) is 3. The van der Waals surface area contributed by atoms with Crippen LogP contribution >= 0.6 is 0 Å². The van der Waals surface area contributed by atoms with E-state index < -0.39 is 11.2 Å². The van der Waals surface area contributed by atoms with Crippen molar-refractivity contribution in [3.63, 3.8) is 0 Å². The molecule has 6 nitrogen and oxygen atoms in total. The maximum atomic E-state index is 12.4. The van der Waals surface area contributed by atoms with Crippen molar-refractivity contribution in [2.75, 3.05) is 7.11 Å². The first-order chi connectivity index (χ1) is 10.7. The van der Waals surface area contributed by atoms with Gasteiger partial charge in [-0.15, -0.1) is 0 Å². The summed E-state index contributed by atoms with van der Waals surface area (Å²) in [5, 5.41) is 4.46. The zero-order chi connectivity index (χ0) is 15.5. The van der Waals surface area contributed by atoms with E-state index in [-0.39, 0.29) is 0 Å². The first-order valence-corrected chi connectivity index (χ1v) is 7.63. The van der Waals surface area contributed by atoms with Crippen molar-refractivity contribution in [3.8, 4) is 16.9 Å². The fourth-order valence-electron chi connectivity index (χ4n) is 1.97. The Hall–Kier alpha value is -2.38. The van der Waals surface area contributed by atoms with E-state index in [9.17, 15) is 4.55 Å². The van der Waals surface area contributed by atoms with Crippen LogP contribution in [0.2, 0.25) is 0 Å². The molecule has 3 aromatic rings. The number of methoxy groups -OCH3 is 1. The highest BCUT2D eigenvalue weighted by atomic mass is 32.2. The Labute approximate surface area is 130 Å². The van der Waals surface area contributed by atoms with Gasteiger partial charge in [0.1, 0.15) is 11.5 Å². The van der Waals surface area contributed by atoms with Crippen molar-refractivity contribution in [1.29, 1.82) is 0 Å². The number of aryl methyl sites for hydroxylation is 1. The third-order valence-electron chi connectivity index (χ3n) is 3.02. The molecule has 3 aromatic heterocycles. The van der Waals surface area contributed by atoms with E-state index in [1.165, 1.54) is 0 Å². The van der Waals surface area contributed by atoms with Gasteiger partial charge in [-0.3, -0.25) is 4.98 Å². The molecule has 1 atom stereocenters. The fraction of sp³-hybridized carbons (Fsp3) is 0.133. The summed E-state index contributed by atoms with van der Waals surface area (Å²) in [7, 11) is 1.56. The lowest BCUT2D eigenvalue weighted by Crippen LogP contribution is -2.05. The summed E-state index contributed by atoms with van der Waals surface area (Å²) < 4.78 is 22.8. The van der Waals surface area contributed by atoms with Crippen molar-refractivity contribution in [2.45, 2.75) is 17.0 Å². The van der Waals surface area contributed by atoms with E-state index in [2.05, 4.69) is 15.1 Å². The largest absolute Gasteiger partial charge is 0.604 e. The zero-order valence-electron chi connectivity index (χ0n) is 12.0. The number of aromatic nitrogens is 3. The molecule has 0 saturated carbocycles. The maximum absolute atomic E-state index is 12.4. The Bertz CT molecular complexity index is 777. The SMILES string of the molecule is COc1cc([S+]([O-])c2cc(C)on2)ncc1-c1cccnc1. The molecule has 0 amide bonds. The van der Waals surface area contributed by atoms with Crippen LogP contribution < -0.4 is 4.74 Å². The third kappa shape index (κ3) is 2.81. The highest BCUT2D eigenvalue weighted by molar-refractivity contribution is 7.91. The average molecular weight is 315 g/mol. The van der Waals surface area contributed by atoms with Crippen LogP contribution in [0.15, 0.2) is 57.4 Å². The first-order valence-electron chi connectivity index (χ1n) is 6.48. The Morgan fingerprint density at radius 1 is 1.23 bits per heavy atom.